The highest BCUT2D eigenvalue weighted by molar-refractivity contribution is 5.98. The zero-order valence-electron chi connectivity index (χ0n) is 11.2. The zero-order valence-corrected chi connectivity index (χ0v) is 11.2. The van der Waals surface area contributed by atoms with E-state index in [1.165, 1.54) is 0 Å². The number of benzene rings is 1. The van der Waals surface area contributed by atoms with Crippen LogP contribution in [-0.2, 0) is 20.9 Å². The van der Waals surface area contributed by atoms with Crippen LogP contribution in [0.15, 0.2) is 30.3 Å². The summed E-state index contributed by atoms with van der Waals surface area (Å²) >= 11 is 0. The molecular weight excluding hydrogens is 244 g/mol. The summed E-state index contributed by atoms with van der Waals surface area (Å²) in [5.74, 6) is -1.35. The normalized spacial score (nSPS) is 11.9. The maximum absolute atomic E-state index is 11.7. The number of unbranched alkanes of at least 4 members (excludes halogenated alkanes) is 1. The molecule has 1 atom stereocenters. The summed E-state index contributed by atoms with van der Waals surface area (Å²) in [5, 5.41) is 8.63. The van der Waals surface area contributed by atoms with E-state index in [1.807, 2.05) is 30.3 Å². The first-order valence-electron chi connectivity index (χ1n) is 6.49. The molecule has 0 bridgehead atoms. The molecule has 1 rings (SSSR count). The second kappa shape index (κ2) is 8.43. The standard InChI is InChI=1S/C15H20O4/c1-12(14(17)9-5-6-10-16)15(18)19-11-13-7-3-2-4-8-13/h2-4,7-8,12,16H,5-6,9-11H2,1H3. The van der Waals surface area contributed by atoms with E-state index in [0.717, 1.165) is 5.56 Å². The average molecular weight is 264 g/mol. The molecule has 19 heavy (non-hydrogen) atoms. The first kappa shape index (κ1) is 15.4. The van der Waals surface area contributed by atoms with Crippen LogP contribution >= 0.6 is 0 Å². The Morgan fingerprint density at radius 2 is 1.89 bits per heavy atom. The summed E-state index contributed by atoms with van der Waals surface area (Å²) in [5.41, 5.74) is 0.899. The minimum atomic E-state index is -0.734. The van der Waals surface area contributed by atoms with E-state index in [9.17, 15) is 9.59 Å². The molecule has 1 aromatic carbocycles. The molecule has 0 aliphatic carbocycles. The van der Waals surface area contributed by atoms with Crippen molar-refractivity contribution in [2.24, 2.45) is 5.92 Å². The third-order valence-corrected chi connectivity index (χ3v) is 2.89. The fourth-order valence-corrected chi connectivity index (χ4v) is 1.61. The number of ketones is 1. The van der Waals surface area contributed by atoms with Crippen LogP contribution in [-0.4, -0.2) is 23.5 Å². The predicted octanol–water partition coefficient (Wildman–Crippen LogP) is 2.10. The van der Waals surface area contributed by atoms with Crippen LogP contribution in [0.25, 0.3) is 0 Å². The number of Topliss-reactive ketones (excluding diaryl/α,β-unsaturated/α-hetero) is 1. The molecule has 1 aromatic rings. The summed E-state index contributed by atoms with van der Waals surface area (Å²) in [6.45, 7) is 1.82. The van der Waals surface area contributed by atoms with Gasteiger partial charge in [-0.15, -0.1) is 0 Å². The lowest BCUT2D eigenvalue weighted by molar-refractivity contribution is -0.152. The number of rotatable bonds is 8. The number of esters is 1. The molecule has 0 aliphatic rings. The second-order valence-corrected chi connectivity index (χ2v) is 4.46. The summed E-state index contributed by atoms with van der Waals surface area (Å²) in [7, 11) is 0. The van der Waals surface area contributed by atoms with E-state index < -0.39 is 11.9 Å². The number of aliphatic hydroxyl groups is 1. The SMILES string of the molecule is CC(C(=O)CCCCO)C(=O)OCc1ccccc1. The molecule has 0 amide bonds. The van der Waals surface area contributed by atoms with Crippen molar-refractivity contribution >= 4 is 11.8 Å². The maximum Gasteiger partial charge on any atom is 0.316 e. The molecule has 0 fully saturated rings. The lowest BCUT2D eigenvalue weighted by Gasteiger charge is -2.10. The molecule has 4 heteroatoms. The van der Waals surface area contributed by atoms with Gasteiger partial charge in [-0.3, -0.25) is 9.59 Å². The molecule has 104 valence electrons. The van der Waals surface area contributed by atoms with Crippen molar-refractivity contribution in [2.75, 3.05) is 6.61 Å². The first-order valence-corrected chi connectivity index (χ1v) is 6.49. The minimum Gasteiger partial charge on any atom is -0.460 e. The highest BCUT2D eigenvalue weighted by Crippen LogP contribution is 2.09. The maximum atomic E-state index is 11.7. The summed E-state index contributed by atoms with van der Waals surface area (Å²) in [6.07, 6.45) is 1.49. The molecule has 0 saturated carbocycles. The Kier molecular flexibility index (Phi) is 6.82. The highest BCUT2D eigenvalue weighted by Gasteiger charge is 2.22. The number of hydrogen-bond acceptors (Lipinski definition) is 4. The van der Waals surface area contributed by atoms with Crippen LogP contribution < -0.4 is 0 Å². The third kappa shape index (κ3) is 5.66. The fourth-order valence-electron chi connectivity index (χ4n) is 1.61. The van der Waals surface area contributed by atoms with E-state index in [2.05, 4.69) is 0 Å². The third-order valence-electron chi connectivity index (χ3n) is 2.89. The molecule has 4 nitrogen and oxygen atoms in total. The van der Waals surface area contributed by atoms with Crippen molar-refractivity contribution < 1.29 is 19.4 Å². The van der Waals surface area contributed by atoms with E-state index in [0.29, 0.717) is 19.3 Å². The van der Waals surface area contributed by atoms with Gasteiger partial charge >= 0.3 is 5.97 Å². The highest BCUT2D eigenvalue weighted by atomic mass is 16.5. The Labute approximate surface area is 113 Å². The molecular formula is C15H20O4. The van der Waals surface area contributed by atoms with Gasteiger partial charge in [0.1, 0.15) is 18.3 Å². The van der Waals surface area contributed by atoms with Crippen LogP contribution in [0.3, 0.4) is 0 Å². The van der Waals surface area contributed by atoms with Crippen LogP contribution in [0.2, 0.25) is 0 Å². The summed E-state index contributed by atoms with van der Waals surface area (Å²) in [6, 6.07) is 9.35. The largest absolute Gasteiger partial charge is 0.460 e. The molecule has 0 spiro atoms. The first-order chi connectivity index (χ1) is 9.15. The smallest absolute Gasteiger partial charge is 0.316 e. The number of ether oxygens (including phenoxy) is 1. The Hall–Kier alpha value is -1.68. The van der Waals surface area contributed by atoms with E-state index in [4.69, 9.17) is 9.84 Å². The molecule has 1 unspecified atom stereocenters. The van der Waals surface area contributed by atoms with Crippen molar-refractivity contribution in [3.63, 3.8) is 0 Å². The van der Waals surface area contributed by atoms with Gasteiger partial charge in [0.15, 0.2) is 0 Å². The van der Waals surface area contributed by atoms with Crippen LogP contribution in [0, 0.1) is 5.92 Å². The second-order valence-electron chi connectivity index (χ2n) is 4.46. The number of aliphatic hydroxyl groups excluding tert-OH is 1. The van der Waals surface area contributed by atoms with E-state index >= 15 is 0 Å². The van der Waals surface area contributed by atoms with E-state index in [1.54, 1.807) is 6.92 Å². The summed E-state index contributed by atoms with van der Waals surface area (Å²) in [4.78, 5) is 23.4. The minimum absolute atomic E-state index is 0.0696. The topological polar surface area (TPSA) is 63.6 Å². The van der Waals surface area contributed by atoms with Crippen LogP contribution in [0.5, 0.6) is 0 Å². The van der Waals surface area contributed by atoms with Crippen LogP contribution in [0.4, 0.5) is 0 Å². The van der Waals surface area contributed by atoms with Crippen molar-refractivity contribution in [3.05, 3.63) is 35.9 Å². The molecule has 0 saturated heterocycles. The van der Waals surface area contributed by atoms with Crippen molar-refractivity contribution in [1.82, 2.24) is 0 Å². The van der Waals surface area contributed by atoms with Crippen molar-refractivity contribution in [2.45, 2.75) is 32.8 Å². The van der Waals surface area contributed by atoms with Gasteiger partial charge in [-0.1, -0.05) is 30.3 Å². The van der Waals surface area contributed by atoms with Gasteiger partial charge in [-0.25, -0.2) is 0 Å². The van der Waals surface area contributed by atoms with Gasteiger partial charge in [0.2, 0.25) is 0 Å². The van der Waals surface area contributed by atoms with Gasteiger partial charge in [0, 0.05) is 13.0 Å². The Morgan fingerprint density at radius 3 is 2.53 bits per heavy atom. The van der Waals surface area contributed by atoms with E-state index in [-0.39, 0.29) is 19.0 Å². The number of carbonyl (C=O) groups is 2. The predicted molar refractivity (Wildman–Crippen MR) is 71.3 cm³/mol. The van der Waals surface area contributed by atoms with Crippen LogP contribution in [0.1, 0.15) is 31.7 Å². The molecule has 0 aromatic heterocycles. The zero-order chi connectivity index (χ0) is 14.1. The molecule has 0 heterocycles. The van der Waals surface area contributed by atoms with Crippen molar-refractivity contribution in [1.29, 1.82) is 0 Å². The number of carbonyl (C=O) groups excluding carboxylic acids is 2. The average Bonchev–Trinajstić information content (AvgIpc) is 2.45. The van der Waals surface area contributed by atoms with Crippen molar-refractivity contribution in [3.8, 4) is 0 Å². The molecule has 1 N–H and O–H groups in total. The molecule has 0 radical (unpaired) electrons. The quantitative estimate of drug-likeness (QED) is 0.443. The van der Waals surface area contributed by atoms with Gasteiger partial charge in [0.25, 0.3) is 0 Å². The lowest BCUT2D eigenvalue weighted by Crippen LogP contribution is -2.23. The Balaban J connectivity index is 2.34. The monoisotopic (exact) mass is 264 g/mol. The summed E-state index contributed by atoms with van der Waals surface area (Å²) < 4.78 is 5.11. The number of hydrogen-bond donors (Lipinski definition) is 1. The molecule has 0 aliphatic heterocycles. The van der Waals surface area contributed by atoms with Gasteiger partial charge < -0.3 is 9.84 Å². The Morgan fingerprint density at radius 1 is 1.21 bits per heavy atom. The Bertz CT molecular complexity index is 400. The van der Waals surface area contributed by atoms with Gasteiger partial charge in [0.05, 0.1) is 0 Å². The van der Waals surface area contributed by atoms with Gasteiger partial charge in [-0.2, -0.15) is 0 Å². The fraction of sp³-hybridized carbons (Fsp3) is 0.467. The lowest BCUT2D eigenvalue weighted by atomic mass is 10.0. The van der Waals surface area contributed by atoms with Gasteiger partial charge in [-0.05, 0) is 25.3 Å².